The van der Waals surface area contributed by atoms with Gasteiger partial charge in [-0.3, -0.25) is 0 Å². The third-order valence-electron chi connectivity index (χ3n) is 3.03. The van der Waals surface area contributed by atoms with Crippen molar-refractivity contribution < 1.29 is 9.47 Å². The standard InChI is InChI=1S/C16H17NO2S/c1-11-10-14(19-3)8-9-15(11)17-16(20)12-4-6-13(18-2)7-5-12/h4-10H,1-3H3,(H,17,20). The Labute approximate surface area is 124 Å². The quantitative estimate of drug-likeness (QED) is 0.866. The van der Waals surface area contributed by atoms with E-state index in [1.807, 2.05) is 49.4 Å². The summed E-state index contributed by atoms with van der Waals surface area (Å²) < 4.78 is 10.3. The van der Waals surface area contributed by atoms with Gasteiger partial charge in [0.2, 0.25) is 0 Å². The first-order valence-electron chi connectivity index (χ1n) is 6.24. The third kappa shape index (κ3) is 3.27. The Kier molecular flexibility index (Phi) is 4.58. The van der Waals surface area contributed by atoms with Gasteiger partial charge in [0, 0.05) is 11.3 Å². The molecule has 0 atom stereocenters. The Bertz CT molecular complexity index is 608. The first kappa shape index (κ1) is 14.3. The predicted octanol–water partition coefficient (Wildman–Crippen LogP) is 3.80. The number of methoxy groups -OCH3 is 2. The van der Waals surface area contributed by atoms with Gasteiger partial charge in [0.1, 0.15) is 16.5 Å². The van der Waals surface area contributed by atoms with Crippen LogP contribution in [-0.4, -0.2) is 19.2 Å². The van der Waals surface area contributed by atoms with E-state index in [1.165, 1.54) is 0 Å². The van der Waals surface area contributed by atoms with E-state index in [0.717, 1.165) is 28.3 Å². The number of hydrogen-bond donors (Lipinski definition) is 1. The summed E-state index contributed by atoms with van der Waals surface area (Å²) in [5.41, 5.74) is 3.02. The molecule has 0 amide bonds. The van der Waals surface area contributed by atoms with Gasteiger partial charge in [-0.25, -0.2) is 0 Å². The summed E-state index contributed by atoms with van der Waals surface area (Å²) in [6.45, 7) is 2.02. The summed E-state index contributed by atoms with van der Waals surface area (Å²) in [5, 5.41) is 3.25. The summed E-state index contributed by atoms with van der Waals surface area (Å²) in [6.07, 6.45) is 0. The number of hydrogen-bond acceptors (Lipinski definition) is 3. The molecule has 0 fully saturated rings. The molecule has 0 radical (unpaired) electrons. The minimum Gasteiger partial charge on any atom is -0.497 e. The zero-order valence-corrected chi connectivity index (χ0v) is 12.6. The van der Waals surface area contributed by atoms with Crippen molar-refractivity contribution in [3.8, 4) is 11.5 Å². The molecule has 0 aliphatic heterocycles. The molecule has 2 aromatic rings. The number of rotatable bonds is 4. The Balaban J connectivity index is 2.14. The van der Waals surface area contributed by atoms with Crippen molar-refractivity contribution >= 4 is 22.9 Å². The molecule has 0 saturated heterocycles. The molecule has 104 valence electrons. The van der Waals surface area contributed by atoms with Gasteiger partial charge in [0.15, 0.2) is 0 Å². The smallest absolute Gasteiger partial charge is 0.119 e. The van der Waals surface area contributed by atoms with Gasteiger partial charge in [-0.2, -0.15) is 0 Å². The van der Waals surface area contributed by atoms with Crippen LogP contribution in [0.25, 0.3) is 0 Å². The first-order valence-corrected chi connectivity index (χ1v) is 6.65. The topological polar surface area (TPSA) is 30.5 Å². The van der Waals surface area contributed by atoms with Gasteiger partial charge >= 0.3 is 0 Å². The van der Waals surface area contributed by atoms with Gasteiger partial charge in [-0.15, -0.1) is 0 Å². The van der Waals surface area contributed by atoms with Gasteiger partial charge in [0.25, 0.3) is 0 Å². The number of ether oxygens (including phenoxy) is 2. The highest BCUT2D eigenvalue weighted by molar-refractivity contribution is 7.81. The van der Waals surface area contributed by atoms with E-state index >= 15 is 0 Å². The van der Waals surface area contributed by atoms with E-state index in [2.05, 4.69) is 5.32 Å². The van der Waals surface area contributed by atoms with Crippen LogP contribution in [0.3, 0.4) is 0 Å². The Morgan fingerprint density at radius 2 is 1.55 bits per heavy atom. The highest BCUT2D eigenvalue weighted by Gasteiger charge is 2.05. The molecular weight excluding hydrogens is 270 g/mol. The van der Waals surface area contributed by atoms with Crippen molar-refractivity contribution in [1.29, 1.82) is 0 Å². The number of anilines is 1. The molecule has 0 aromatic heterocycles. The SMILES string of the molecule is COc1ccc(C(=S)Nc2ccc(OC)cc2C)cc1. The van der Waals surface area contributed by atoms with Crippen LogP contribution in [0.2, 0.25) is 0 Å². The third-order valence-corrected chi connectivity index (χ3v) is 3.37. The van der Waals surface area contributed by atoms with Crippen LogP contribution in [0.5, 0.6) is 11.5 Å². The van der Waals surface area contributed by atoms with Crippen molar-refractivity contribution in [3.63, 3.8) is 0 Å². The molecule has 0 aliphatic carbocycles. The van der Waals surface area contributed by atoms with E-state index < -0.39 is 0 Å². The van der Waals surface area contributed by atoms with Crippen LogP contribution < -0.4 is 14.8 Å². The highest BCUT2D eigenvalue weighted by Crippen LogP contribution is 2.22. The molecule has 20 heavy (non-hydrogen) atoms. The van der Waals surface area contributed by atoms with Crippen LogP contribution in [0.15, 0.2) is 42.5 Å². The van der Waals surface area contributed by atoms with Crippen LogP contribution in [0.1, 0.15) is 11.1 Å². The van der Waals surface area contributed by atoms with Crippen molar-refractivity contribution in [1.82, 2.24) is 0 Å². The lowest BCUT2D eigenvalue weighted by Gasteiger charge is -2.12. The normalized spacial score (nSPS) is 9.95. The van der Waals surface area contributed by atoms with E-state index in [-0.39, 0.29) is 0 Å². The van der Waals surface area contributed by atoms with Crippen LogP contribution in [0, 0.1) is 6.92 Å². The van der Waals surface area contributed by atoms with Gasteiger partial charge < -0.3 is 14.8 Å². The molecule has 0 bridgehead atoms. The van der Waals surface area contributed by atoms with Crippen molar-refractivity contribution in [2.75, 3.05) is 19.5 Å². The number of nitrogens with one attached hydrogen (secondary N) is 1. The minimum absolute atomic E-state index is 0.681. The molecule has 0 saturated carbocycles. The molecule has 0 heterocycles. The second kappa shape index (κ2) is 6.39. The van der Waals surface area contributed by atoms with E-state index in [0.29, 0.717) is 4.99 Å². The molecule has 0 spiro atoms. The lowest BCUT2D eigenvalue weighted by atomic mass is 10.1. The number of benzene rings is 2. The van der Waals surface area contributed by atoms with E-state index in [1.54, 1.807) is 14.2 Å². The fourth-order valence-electron chi connectivity index (χ4n) is 1.84. The van der Waals surface area contributed by atoms with Crippen molar-refractivity contribution in [3.05, 3.63) is 53.6 Å². The molecule has 0 aliphatic rings. The molecule has 3 nitrogen and oxygen atoms in total. The molecule has 4 heteroatoms. The van der Waals surface area contributed by atoms with Gasteiger partial charge in [-0.05, 0) is 55.0 Å². The van der Waals surface area contributed by atoms with Gasteiger partial charge in [-0.1, -0.05) is 12.2 Å². The Morgan fingerprint density at radius 3 is 2.10 bits per heavy atom. The maximum atomic E-state index is 5.42. The highest BCUT2D eigenvalue weighted by atomic mass is 32.1. The van der Waals surface area contributed by atoms with Crippen molar-refractivity contribution in [2.45, 2.75) is 6.92 Å². The minimum atomic E-state index is 0.681. The summed E-state index contributed by atoms with van der Waals surface area (Å²) in [7, 11) is 3.30. The maximum Gasteiger partial charge on any atom is 0.119 e. The largest absolute Gasteiger partial charge is 0.497 e. The molecule has 0 unspecified atom stereocenters. The zero-order chi connectivity index (χ0) is 14.5. The lowest BCUT2D eigenvalue weighted by molar-refractivity contribution is 0.414. The maximum absolute atomic E-state index is 5.42. The molecule has 1 N–H and O–H groups in total. The Hall–Kier alpha value is -2.07. The molecule has 2 rings (SSSR count). The van der Waals surface area contributed by atoms with Crippen LogP contribution >= 0.6 is 12.2 Å². The zero-order valence-electron chi connectivity index (χ0n) is 11.8. The predicted molar refractivity (Wildman–Crippen MR) is 86.0 cm³/mol. The molecular formula is C16H17NO2S. The second-order valence-electron chi connectivity index (χ2n) is 4.36. The molecule has 2 aromatic carbocycles. The Morgan fingerprint density at radius 1 is 0.950 bits per heavy atom. The summed E-state index contributed by atoms with van der Waals surface area (Å²) in [6, 6.07) is 13.5. The first-order chi connectivity index (χ1) is 9.63. The fraction of sp³-hybridized carbons (Fsp3) is 0.188. The van der Waals surface area contributed by atoms with Crippen LogP contribution in [-0.2, 0) is 0 Å². The average molecular weight is 287 g/mol. The van der Waals surface area contributed by atoms with Gasteiger partial charge in [0.05, 0.1) is 14.2 Å². The summed E-state index contributed by atoms with van der Waals surface area (Å²) in [5.74, 6) is 1.65. The summed E-state index contributed by atoms with van der Waals surface area (Å²) >= 11 is 5.42. The van der Waals surface area contributed by atoms with Crippen LogP contribution in [0.4, 0.5) is 5.69 Å². The van der Waals surface area contributed by atoms with Crippen molar-refractivity contribution in [2.24, 2.45) is 0 Å². The average Bonchev–Trinajstić information content (AvgIpc) is 2.49. The lowest BCUT2D eigenvalue weighted by Crippen LogP contribution is -2.11. The fourth-order valence-corrected chi connectivity index (χ4v) is 2.09. The number of aryl methyl sites for hydroxylation is 1. The monoisotopic (exact) mass is 287 g/mol. The second-order valence-corrected chi connectivity index (χ2v) is 4.77. The summed E-state index contributed by atoms with van der Waals surface area (Å²) in [4.78, 5) is 0.681. The van der Waals surface area contributed by atoms with E-state index in [4.69, 9.17) is 21.7 Å². The van der Waals surface area contributed by atoms with E-state index in [9.17, 15) is 0 Å². The number of thiocarbonyl (C=S) groups is 1.